The Morgan fingerprint density at radius 1 is 0.708 bits per heavy atom. The number of aliphatic hydroxyl groups excluding tert-OH is 2. The van der Waals surface area contributed by atoms with Crippen LogP contribution >= 0.6 is 13.6 Å². The van der Waals surface area contributed by atoms with Crippen molar-refractivity contribution in [1.82, 2.24) is 0 Å². The van der Waals surface area contributed by atoms with Gasteiger partial charge in [-0.3, -0.25) is 0 Å². The van der Waals surface area contributed by atoms with E-state index >= 15 is 0 Å². The molecule has 2 rings (SSSR count). The number of halogens is 1. The van der Waals surface area contributed by atoms with Gasteiger partial charge in [-0.05, 0) is 36.8 Å². The molecule has 0 saturated carbocycles. The van der Waals surface area contributed by atoms with Crippen LogP contribution < -0.4 is 0 Å². The molecule has 6 heteroatoms. The second-order valence-electron chi connectivity index (χ2n) is 4.36. The van der Waals surface area contributed by atoms with Gasteiger partial charge in [0, 0.05) is 0 Å². The molecular weight excluding hydrogens is 461 g/mol. The molecule has 0 amide bonds. The fourth-order valence-corrected chi connectivity index (χ4v) is 1.95. The van der Waals surface area contributed by atoms with Gasteiger partial charge in [0.25, 0.3) is 0 Å². The summed E-state index contributed by atoms with van der Waals surface area (Å²) in [5.74, 6) is 0. The molecule has 24 heavy (non-hydrogen) atoms. The summed E-state index contributed by atoms with van der Waals surface area (Å²) < 4.78 is 0. The second-order valence-corrected chi connectivity index (χ2v) is 4.36. The van der Waals surface area contributed by atoms with E-state index in [1.165, 1.54) is 36.8 Å². The first kappa shape index (κ1) is 24.7. The third-order valence-electron chi connectivity index (χ3n) is 2.87. The van der Waals surface area contributed by atoms with Gasteiger partial charge in [-0.15, -0.1) is 0 Å². The maximum atomic E-state index is 8.24. The summed E-state index contributed by atoms with van der Waals surface area (Å²) in [6, 6.07) is 21.5. The molecule has 0 radical (unpaired) electrons. The van der Waals surface area contributed by atoms with Gasteiger partial charge in [0.15, 0.2) is 0 Å². The topological polar surface area (TPSA) is 74.6 Å². The van der Waals surface area contributed by atoms with Crippen LogP contribution in [0.3, 0.4) is 0 Å². The third kappa shape index (κ3) is 16.8. The Hall–Kier alpha value is -1.52. The summed E-state index contributed by atoms with van der Waals surface area (Å²) in [5, 5.41) is 13.5. The van der Waals surface area contributed by atoms with Crippen molar-refractivity contribution < 1.29 is 36.1 Å². The molecular formula is C18H20BrO4Ru. The quantitative estimate of drug-likeness (QED) is 0.379. The van der Waals surface area contributed by atoms with Crippen molar-refractivity contribution in [2.45, 2.75) is 25.7 Å². The van der Waals surface area contributed by atoms with E-state index in [2.05, 4.69) is 90.6 Å². The van der Waals surface area contributed by atoms with Crippen molar-refractivity contribution in [2.75, 3.05) is 0 Å². The van der Waals surface area contributed by atoms with Gasteiger partial charge in [0.1, 0.15) is 0 Å². The first-order chi connectivity index (χ1) is 11.8. The Kier molecular flexibility index (Phi) is 22.1. The number of rotatable bonds is 5. The van der Waals surface area contributed by atoms with Crippen LogP contribution in [0.25, 0.3) is 0 Å². The molecule has 0 unspecified atom stereocenters. The SMILES string of the molecule is O=[C-]O.O=[C-]O.[Br][Ru+2].c1ccc(CCCCc2ccccc2)cc1. The standard InChI is InChI=1S/C16H18.2CHO2.BrH.Ru/c1-3-9-15(10-4-1)13-7-8-14-16-11-5-2-6-12-16;2*2-1-3;;/h1-6,9-12H,7-8,13-14H2;2*(H,2,3);1H;/q;2*-1;;+3/p-1. The fraction of sp³-hybridized carbons (Fsp3) is 0.222. The van der Waals surface area contributed by atoms with Crippen LogP contribution in [0.4, 0.5) is 0 Å². The molecule has 0 bridgehead atoms. The van der Waals surface area contributed by atoms with Crippen LogP contribution in [0.1, 0.15) is 24.0 Å². The van der Waals surface area contributed by atoms with E-state index < -0.39 is 0 Å². The second kappa shape index (κ2) is 21.5. The number of unbranched alkanes of at least 4 members (excludes halogenated alkanes) is 1. The maximum absolute atomic E-state index is 8.24. The molecule has 0 saturated heterocycles. The molecule has 0 aliphatic rings. The van der Waals surface area contributed by atoms with Crippen LogP contribution in [-0.4, -0.2) is 23.2 Å². The smallest absolute Gasteiger partial charge is 0.0279 e. The Morgan fingerprint density at radius 3 is 1.21 bits per heavy atom. The van der Waals surface area contributed by atoms with Crippen molar-refractivity contribution in [3.8, 4) is 0 Å². The summed E-state index contributed by atoms with van der Waals surface area (Å²) in [6.07, 6.45) is 4.96. The monoisotopic (exact) mass is 481 g/mol. The van der Waals surface area contributed by atoms with Gasteiger partial charge in [0.2, 0.25) is 0 Å². The molecule has 0 aliphatic heterocycles. The van der Waals surface area contributed by atoms with Gasteiger partial charge >= 0.3 is 30.0 Å². The van der Waals surface area contributed by atoms with Gasteiger partial charge in [-0.2, -0.15) is 0 Å². The summed E-state index contributed by atoms with van der Waals surface area (Å²) in [5.41, 5.74) is 2.91. The summed E-state index contributed by atoms with van der Waals surface area (Å²) >= 11 is 5.03. The first-order valence-corrected chi connectivity index (χ1v) is 11.0. The van der Waals surface area contributed by atoms with Crippen molar-refractivity contribution in [1.29, 1.82) is 0 Å². The third-order valence-corrected chi connectivity index (χ3v) is 2.87. The molecule has 2 aromatic rings. The largest absolute Gasteiger partial charge is 0.0622 e. The van der Waals surface area contributed by atoms with Crippen molar-refractivity contribution in [3.05, 3.63) is 71.8 Å². The number of benzene rings is 2. The summed E-state index contributed by atoms with van der Waals surface area (Å²) in [7, 11) is 0. The predicted molar refractivity (Wildman–Crippen MR) is 95.1 cm³/mol. The Bertz CT molecular complexity index is 447. The van der Waals surface area contributed by atoms with Gasteiger partial charge in [0.05, 0.1) is 0 Å². The van der Waals surface area contributed by atoms with Gasteiger partial charge < -0.3 is 19.8 Å². The van der Waals surface area contributed by atoms with Crippen molar-refractivity contribution >= 4 is 26.6 Å². The molecule has 4 nitrogen and oxygen atoms in total. The van der Waals surface area contributed by atoms with E-state index in [4.69, 9.17) is 19.8 Å². The summed E-state index contributed by atoms with van der Waals surface area (Å²) in [4.78, 5) is 16.5. The molecule has 2 aromatic carbocycles. The Labute approximate surface area is 160 Å². The van der Waals surface area contributed by atoms with Gasteiger partial charge in [-0.1, -0.05) is 73.6 Å². The minimum absolute atomic E-state index is 0.500. The first-order valence-electron chi connectivity index (χ1n) is 7.02. The van der Waals surface area contributed by atoms with E-state index in [9.17, 15) is 0 Å². The maximum Gasteiger partial charge on any atom is -0.0279 e. The van der Waals surface area contributed by atoms with E-state index in [1.807, 2.05) is 0 Å². The van der Waals surface area contributed by atoms with Crippen LogP contribution in [-0.2, 0) is 38.8 Å². The van der Waals surface area contributed by atoms with Crippen LogP contribution in [0.5, 0.6) is 0 Å². The average Bonchev–Trinajstić information content (AvgIpc) is 2.64. The molecule has 0 fully saturated rings. The van der Waals surface area contributed by atoms with E-state index in [1.54, 1.807) is 0 Å². The average molecular weight is 481 g/mol. The zero-order valence-corrected chi connectivity index (χ0v) is 16.4. The minimum atomic E-state index is 0.500. The zero-order valence-electron chi connectivity index (χ0n) is 13.0. The predicted octanol–water partition coefficient (Wildman–Crippen LogP) is 4.32. The van der Waals surface area contributed by atoms with Crippen LogP contribution in [0.15, 0.2) is 60.7 Å². The Balaban J connectivity index is 0. The Morgan fingerprint density at radius 2 is 0.958 bits per heavy atom. The molecule has 0 spiro atoms. The zero-order chi connectivity index (χ0) is 18.5. The van der Waals surface area contributed by atoms with E-state index in [0.717, 1.165) is 0 Å². The van der Waals surface area contributed by atoms with Crippen LogP contribution in [0, 0.1) is 0 Å². The van der Waals surface area contributed by atoms with Crippen molar-refractivity contribution in [3.63, 3.8) is 0 Å². The molecule has 131 valence electrons. The van der Waals surface area contributed by atoms with E-state index in [0.29, 0.717) is 12.9 Å². The molecule has 2 N–H and O–H groups in total. The number of hydrogen-bond acceptors (Lipinski definition) is 2. The number of hydrogen-bond donors (Lipinski definition) is 2. The number of aryl methyl sites for hydroxylation is 2. The van der Waals surface area contributed by atoms with Gasteiger partial charge in [-0.25, -0.2) is 0 Å². The van der Waals surface area contributed by atoms with Crippen molar-refractivity contribution in [2.24, 2.45) is 0 Å². The van der Waals surface area contributed by atoms with Crippen LogP contribution in [0.2, 0.25) is 0 Å². The summed E-state index contributed by atoms with van der Waals surface area (Å²) in [6.45, 7) is 1.00. The molecule has 0 aliphatic carbocycles. The molecule has 0 atom stereocenters. The molecule has 0 aromatic heterocycles. The minimum Gasteiger partial charge on any atom is -0.0622 e. The molecule has 0 heterocycles. The normalized spacial score (nSPS) is 8.04. The fourth-order valence-electron chi connectivity index (χ4n) is 1.95. The van der Waals surface area contributed by atoms with E-state index in [-0.39, 0.29) is 0 Å².